The van der Waals surface area contributed by atoms with E-state index >= 15 is 0 Å². The zero-order valence-corrected chi connectivity index (χ0v) is 22.0. The van der Waals surface area contributed by atoms with E-state index in [-0.39, 0.29) is 5.91 Å². The first-order valence-corrected chi connectivity index (χ1v) is 12.4. The highest BCUT2D eigenvalue weighted by Crippen LogP contribution is 2.37. The van der Waals surface area contributed by atoms with Gasteiger partial charge in [0.1, 0.15) is 0 Å². The number of hydrogen-bond acceptors (Lipinski definition) is 5. The number of hydrogen-bond donors (Lipinski definition) is 1. The minimum Gasteiger partial charge on any atom is -0.472 e. The summed E-state index contributed by atoms with van der Waals surface area (Å²) in [5, 5.41) is 12.9. The maximum absolute atomic E-state index is 13.9. The number of amides is 1. The second-order valence-electron chi connectivity index (χ2n) is 10.3. The molecule has 1 saturated carbocycles. The summed E-state index contributed by atoms with van der Waals surface area (Å²) in [5.41, 5.74) is 0.0575. The van der Waals surface area contributed by atoms with Crippen molar-refractivity contribution >= 4 is 48.2 Å². The Hall–Kier alpha value is -2.82. The minimum absolute atomic E-state index is 0.212. The number of rotatable bonds is 8. The van der Waals surface area contributed by atoms with Gasteiger partial charge in [0.2, 0.25) is 5.95 Å². The summed E-state index contributed by atoms with van der Waals surface area (Å²) < 4.78 is 12.4. The lowest BCUT2D eigenvalue weighted by atomic mass is 9.78. The minimum atomic E-state index is -0.646. The van der Waals surface area contributed by atoms with Crippen LogP contribution in [0.15, 0.2) is 41.7 Å². The fourth-order valence-electron chi connectivity index (χ4n) is 3.94. The van der Waals surface area contributed by atoms with Crippen LogP contribution in [-0.2, 0) is 9.31 Å². The summed E-state index contributed by atoms with van der Waals surface area (Å²) in [6, 6.07) is 6.37. The Morgan fingerprint density at radius 2 is 1.89 bits per heavy atom. The average molecular weight is 510 g/mol. The SMILES string of the molecule is CC(C(=NC=[N-])Nc1ncccn1)N(CC1CC1)C(=O)c1cc(Cl)cc(B2OC(C)(C)C(C)(C)O2)c1. The number of aromatic nitrogens is 2. The fraction of sp³-hybridized carbons (Fsp3) is 0.480. The highest BCUT2D eigenvalue weighted by molar-refractivity contribution is 6.62. The molecule has 1 N–H and O–H groups in total. The molecule has 1 saturated heterocycles. The van der Waals surface area contributed by atoms with Crippen molar-refractivity contribution in [3.63, 3.8) is 0 Å². The van der Waals surface area contributed by atoms with Crippen LogP contribution >= 0.6 is 11.6 Å². The van der Waals surface area contributed by atoms with Gasteiger partial charge in [0.15, 0.2) is 0 Å². The predicted octanol–water partition coefficient (Wildman–Crippen LogP) is 3.78. The average Bonchev–Trinajstić information content (AvgIpc) is 3.61. The van der Waals surface area contributed by atoms with Crippen LogP contribution in [0.25, 0.3) is 5.41 Å². The molecule has 2 aromatic rings. The van der Waals surface area contributed by atoms with Crippen LogP contribution < -0.4 is 10.8 Å². The van der Waals surface area contributed by atoms with Crippen molar-refractivity contribution < 1.29 is 14.1 Å². The summed E-state index contributed by atoms with van der Waals surface area (Å²) in [6.45, 7) is 10.3. The van der Waals surface area contributed by atoms with Gasteiger partial charge in [0.25, 0.3) is 5.91 Å². The second-order valence-corrected chi connectivity index (χ2v) is 10.7. The molecule has 1 aliphatic heterocycles. The highest BCUT2D eigenvalue weighted by Gasteiger charge is 2.52. The molecule has 2 fully saturated rings. The van der Waals surface area contributed by atoms with Gasteiger partial charge in [-0.3, -0.25) is 4.79 Å². The molecule has 1 aromatic heterocycles. The van der Waals surface area contributed by atoms with Crippen LogP contribution in [0.3, 0.4) is 0 Å². The monoisotopic (exact) mass is 509 g/mol. The number of amidine groups is 1. The van der Waals surface area contributed by atoms with E-state index in [0.717, 1.165) is 12.8 Å². The largest absolute Gasteiger partial charge is 0.494 e. The first-order valence-electron chi connectivity index (χ1n) is 12.1. The number of benzene rings is 1. The van der Waals surface area contributed by atoms with Crippen LogP contribution in [0.5, 0.6) is 0 Å². The third kappa shape index (κ3) is 5.77. The van der Waals surface area contributed by atoms with Gasteiger partial charge in [-0.05, 0) is 83.1 Å². The Morgan fingerprint density at radius 3 is 2.47 bits per heavy atom. The summed E-state index contributed by atoms with van der Waals surface area (Å²) in [6.07, 6.45) is 5.99. The summed E-state index contributed by atoms with van der Waals surface area (Å²) in [4.78, 5) is 28.0. The van der Waals surface area contributed by atoms with Gasteiger partial charge < -0.3 is 29.9 Å². The van der Waals surface area contributed by atoms with Crippen molar-refractivity contribution in [3.05, 3.63) is 52.7 Å². The molecule has 1 atom stereocenters. The highest BCUT2D eigenvalue weighted by atomic mass is 35.5. The van der Waals surface area contributed by atoms with Gasteiger partial charge in [-0.2, -0.15) is 0 Å². The topological polar surface area (TPSA) is 111 Å². The Bertz CT molecular complexity index is 1140. The number of halogens is 1. The Balaban J connectivity index is 1.63. The van der Waals surface area contributed by atoms with Gasteiger partial charge >= 0.3 is 7.12 Å². The maximum atomic E-state index is 13.9. The lowest BCUT2D eigenvalue weighted by Gasteiger charge is -2.33. The molecule has 4 rings (SSSR count). The molecule has 9 nitrogen and oxygen atoms in total. The van der Waals surface area contributed by atoms with Crippen molar-refractivity contribution in [2.75, 3.05) is 11.9 Å². The van der Waals surface area contributed by atoms with Crippen LogP contribution in [0.4, 0.5) is 5.95 Å². The Kier molecular flexibility index (Phi) is 7.50. The van der Waals surface area contributed by atoms with Crippen LogP contribution in [0.1, 0.15) is 57.8 Å². The molecule has 0 bridgehead atoms. The van der Waals surface area contributed by atoms with Crippen LogP contribution in [0.2, 0.25) is 5.02 Å². The van der Waals surface area contributed by atoms with Crippen molar-refractivity contribution in [2.45, 2.75) is 64.7 Å². The fourth-order valence-corrected chi connectivity index (χ4v) is 4.19. The second kappa shape index (κ2) is 10.3. The third-order valence-corrected chi connectivity index (χ3v) is 7.19. The van der Waals surface area contributed by atoms with Gasteiger partial charge in [-0.25, -0.2) is 9.97 Å². The summed E-state index contributed by atoms with van der Waals surface area (Å²) >= 11 is 6.46. The number of carbonyl (C=O) groups excluding carboxylic acids is 1. The standard InChI is InChI=1S/C25H31BClN6O3/c1-16(21(31-15-28)32-23-29-9-6-10-30-23)33(14-17-7-8-17)22(34)18-11-19(13-20(27)12-18)26-35-24(2,3)25(4,5)36-26/h6,9-13,15-17H,7-8,14H2,1-5H3,(H-,28,29,30,31,32)/q-1. The lowest BCUT2D eigenvalue weighted by molar-refractivity contribution is 0.00578. The molecule has 1 unspecified atom stereocenters. The van der Waals surface area contributed by atoms with E-state index < -0.39 is 24.4 Å². The molecule has 1 aliphatic carbocycles. The van der Waals surface area contributed by atoms with Crippen LogP contribution in [0, 0.1) is 5.92 Å². The molecule has 0 spiro atoms. The molecular formula is C25H31BClN6O3-. The molecule has 1 aromatic carbocycles. The Labute approximate surface area is 217 Å². The zero-order valence-electron chi connectivity index (χ0n) is 21.2. The zero-order chi connectivity index (χ0) is 26.1. The van der Waals surface area contributed by atoms with Crippen molar-refractivity contribution in [1.29, 1.82) is 0 Å². The molecule has 11 heteroatoms. The molecular weight excluding hydrogens is 479 g/mol. The van der Waals surface area contributed by atoms with E-state index in [0.29, 0.717) is 46.6 Å². The molecule has 1 amide bonds. The smallest absolute Gasteiger partial charge is 0.472 e. The first-order chi connectivity index (χ1) is 17.0. The molecule has 2 aliphatic rings. The van der Waals surface area contributed by atoms with Crippen molar-refractivity contribution in [2.24, 2.45) is 10.9 Å². The first kappa shape index (κ1) is 26.3. The van der Waals surface area contributed by atoms with E-state index in [2.05, 4.69) is 20.3 Å². The van der Waals surface area contributed by atoms with Crippen LogP contribution in [-0.4, -0.2) is 63.9 Å². The van der Waals surface area contributed by atoms with E-state index in [1.807, 2.05) is 34.6 Å². The van der Waals surface area contributed by atoms with E-state index in [4.69, 9.17) is 20.9 Å². The van der Waals surface area contributed by atoms with Gasteiger partial charge in [0, 0.05) is 35.4 Å². The maximum Gasteiger partial charge on any atom is 0.494 e. The third-order valence-electron chi connectivity index (χ3n) is 6.97. The van der Waals surface area contributed by atoms with Crippen molar-refractivity contribution in [1.82, 2.24) is 14.9 Å². The van der Waals surface area contributed by atoms with E-state index in [1.54, 1.807) is 41.6 Å². The van der Waals surface area contributed by atoms with Gasteiger partial charge in [0.05, 0.1) is 17.2 Å². The predicted molar refractivity (Wildman–Crippen MR) is 143 cm³/mol. The van der Waals surface area contributed by atoms with E-state index in [1.165, 1.54) is 0 Å². The van der Waals surface area contributed by atoms with Crippen molar-refractivity contribution in [3.8, 4) is 0 Å². The van der Waals surface area contributed by atoms with Gasteiger partial charge in [-0.15, -0.1) is 6.34 Å². The molecule has 0 radical (unpaired) electrons. The number of anilines is 1. The molecule has 2 heterocycles. The molecule has 36 heavy (non-hydrogen) atoms. The quantitative estimate of drug-likeness (QED) is 0.329. The normalized spacial score (nSPS) is 19.6. The van der Waals surface area contributed by atoms with Gasteiger partial charge in [-0.1, -0.05) is 11.6 Å². The lowest BCUT2D eigenvalue weighted by Crippen LogP contribution is -2.47. The number of nitrogens with zero attached hydrogens (tertiary/aromatic N) is 5. The number of nitrogens with one attached hydrogen (secondary N) is 1. The molecule has 190 valence electrons. The summed E-state index contributed by atoms with van der Waals surface area (Å²) in [7, 11) is -0.646. The number of aliphatic imine (C=N–C) groups is 1. The summed E-state index contributed by atoms with van der Waals surface area (Å²) in [5.74, 6) is 0.849. The Morgan fingerprint density at radius 1 is 1.25 bits per heavy atom. The van der Waals surface area contributed by atoms with E-state index in [9.17, 15) is 10.2 Å². The number of carbonyl (C=O) groups is 1.